The van der Waals surface area contributed by atoms with Crippen molar-refractivity contribution in [2.75, 3.05) is 13.7 Å². The molecule has 0 saturated heterocycles. The number of nitrogens with zero attached hydrogens (tertiary/aromatic N) is 2. The number of aliphatic imine (C=N–C) groups is 1. The van der Waals surface area contributed by atoms with Gasteiger partial charge in [0.25, 0.3) is 5.60 Å². The van der Waals surface area contributed by atoms with Gasteiger partial charge in [0.15, 0.2) is 0 Å². The van der Waals surface area contributed by atoms with E-state index in [1.165, 1.54) is 0 Å². The van der Waals surface area contributed by atoms with Crippen molar-refractivity contribution in [1.29, 1.82) is 0 Å². The molecule has 44 heavy (non-hydrogen) atoms. The van der Waals surface area contributed by atoms with Crippen LogP contribution in [0.1, 0.15) is 53.9 Å². The first-order valence-electron chi connectivity index (χ1n) is 13.5. The lowest BCUT2D eigenvalue weighted by molar-refractivity contribution is -0.374. The molecule has 3 aromatic rings. The Morgan fingerprint density at radius 2 is 1.36 bits per heavy atom. The Kier molecular flexibility index (Phi) is 17.7. The van der Waals surface area contributed by atoms with Gasteiger partial charge >= 0.3 is 12.4 Å². The van der Waals surface area contributed by atoms with Crippen LogP contribution in [0.3, 0.4) is 0 Å². The Morgan fingerprint density at radius 1 is 0.864 bits per heavy atom. The number of methoxy groups -OCH3 is 1. The zero-order valence-electron chi connectivity index (χ0n) is 25.8. The lowest BCUT2D eigenvalue weighted by atomic mass is 9.98. The summed E-state index contributed by atoms with van der Waals surface area (Å²) in [5, 5.41) is 2.17. The van der Waals surface area contributed by atoms with Crippen molar-refractivity contribution in [3.05, 3.63) is 77.4 Å². The smallest absolute Gasteiger partial charge is 0.426 e. The Bertz CT molecular complexity index is 1250. The molecule has 1 aromatic heterocycles. The number of pyridine rings is 1. The van der Waals surface area contributed by atoms with Gasteiger partial charge < -0.3 is 9.47 Å². The van der Waals surface area contributed by atoms with Gasteiger partial charge in [-0.05, 0) is 49.7 Å². The van der Waals surface area contributed by atoms with Crippen molar-refractivity contribution in [3.63, 3.8) is 0 Å². The molecule has 2 aromatic carbocycles. The molecule has 0 fully saturated rings. The van der Waals surface area contributed by atoms with Gasteiger partial charge in [-0.2, -0.15) is 26.3 Å². The number of alkyl halides is 6. The van der Waals surface area contributed by atoms with E-state index >= 15 is 0 Å². The minimum absolute atomic E-state index is 0.0128. The van der Waals surface area contributed by atoms with Gasteiger partial charge in [0.2, 0.25) is 0 Å². The Labute approximate surface area is 266 Å². The van der Waals surface area contributed by atoms with Crippen LogP contribution in [0, 0.1) is 5.41 Å². The predicted molar refractivity (Wildman–Crippen MR) is 170 cm³/mol. The minimum Gasteiger partial charge on any atom is -0.494 e. The van der Waals surface area contributed by atoms with Crippen molar-refractivity contribution in [3.8, 4) is 5.75 Å². The van der Waals surface area contributed by atoms with E-state index in [1.54, 1.807) is 38.4 Å². The average molecular weight is 670 g/mol. The van der Waals surface area contributed by atoms with Crippen LogP contribution in [0.5, 0.6) is 5.75 Å². The molecule has 4 nitrogen and oxygen atoms in total. The monoisotopic (exact) mass is 668 g/mol. The molecular formula is C32H40Cl2F6N2O2. The second kappa shape index (κ2) is 18.9. The maximum Gasteiger partial charge on any atom is 0.426 e. The van der Waals surface area contributed by atoms with E-state index in [1.807, 2.05) is 36.4 Å². The van der Waals surface area contributed by atoms with E-state index in [9.17, 15) is 26.3 Å². The third kappa shape index (κ3) is 13.9. The number of halogens is 8. The fraction of sp³-hybridized carbons (Fsp3) is 0.438. The summed E-state index contributed by atoms with van der Waals surface area (Å²) in [6.45, 7) is 14.6. The number of rotatable bonds is 7. The zero-order chi connectivity index (χ0) is 34.2. The van der Waals surface area contributed by atoms with Crippen molar-refractivity contribution >= 4 is 46.5 Å². The maximum atomic E-state index is 12.3. The number of unbranched alkanes of at least 4 members (excludes halogenated alkanes) is 2. The molecule has 0 radical (unpaired) electrons. The summed E-state index contributed by atoms with van der Waals surface area (Å²) < 4.78 is 82.8. The summed E-state index contributed by atoms with van der Waals surface area (Å²) in [6, 6.07) is 15.0. The topological polar surface area (TPSA) is 43.7 Å². The fourth-order valence-corrected chi connectivity index (χ4v) is 3.35. The highest BCUT2D eigenvalue weighted by molar-refractivity contribution is 6.38. The molecular weight excluding hydrogens is 629 g/mol. The molecule has 0 bridgehead atoms. The summed E-state index contributed by atoms with van der Waals surface area (Å²) in [6.07, 6.45) is -5.81. The summed E-state index contributed by atoms with van der Waals surface area (Å²) in [5.74, 6) is 0.827. The van der Waals surface area contributed by atoms with E-state index < -0.39 is 24.6 Å². The van der Waals surface area contributed by atoms with E-state index in [2.05, 4.69) is 48.8 Å². The highest BCUT2D eigenvalue weighted by Gasteiger charge is 2.69. The molecule has 246 valence electrons. The number of ether oxygens (including phenoxy) is 2. The van der Waals surface area contributed by atoms with Crippen molar-refractivity contribution in [2.24, 2.45) is 10.4 Å². The Hall–Kier alpha value is -2.82. The summed E-state index contributed by atoms with van der Waals surface area (Å²) in [7, 11) is 1.66. The van der Waals surface area contributed by atoms with E-state index in [0.29, 0.717) is 34.0 Å². The van der Waals surface area contributed by atoms with Gasteiger partial charge in [0, 0.05) is 18.2 Å². The highest BCUT2D eigenvalue weighted by Crippen LogP contribution is 2.45. The predicted octanol–water partition coefficient (Wildman–Crippen LogP) is 11.9. The van der Waals surface area contributed by atoms with Crippen LogP contribution >= 0.6 is 23.2 Å². The number of allylic oxidation sites excluding steroid dienone is 1. The Balaban J connectivity index is 0.000000588. The van der Waals surface area contributed by atoms with Crippen LogP contribution in [-0.4, -0.2) is 43.4 Å². The summed E-state index contributed by atoms with van der Waals surface area (Å²) >= 11 is 11.4. The SMILES string of the molecule is C=CC(C)(C)C.C=Nc1c(Cl)cccc1Cl.CCCCCOC(C)(C(F)(F)F)C(F)(F)F.COc1cccc2cccnc12. The fourth-order valence-electron chi connectivity index (χ4n) is 2.83. The average Bonchev–Trinajstić information content (AvgIpc) is 2.94. The number of benzene rings is 2. The van der Waals surface area contributed by atoms with Crippen molar-refractivity contribution in [2.45, 2.75) is 71.8 Å². The van der Waals surface area contributed by atoms with E-state index in [4.69, 9.17) is 27.9 Å². The maximum absolute atomic E-state index is 12.3. The highest BCUT2D eigenvalue weighted by atomic mass is 35.5. The van der Waals surface area contributed by atoms with Crippen LogP contribution < -0.4 is 4.74 Å². The molecule has 0 N–H and O–H groups in total. The number of aromatic nitrogens is 1. The molecule has 0 amide bonds. The number of hydrogen-bond donors (Lipinski definition) is 0. The largest absolute Gasteiger partial charge is 0.494 e. The second-order valence-electron chi connectivity index (χ2n) is 10.4. The summed E-state index contributed by atoms with van der Waals surface area (Å²) in [4.78, 5) is 7.88. The van der Waals surface area contributed by atoms with Gasteiger partial charge in [-0.15, -0.1) is 6.58 Å². The molecule has 3 rings (SSSR count). The zero-order valence-corrected chi connectivity index (χ0v) is 27.3. The molecule has 0 aliphatic heterocycles. The van der Waals surface area contributed by atoms with Crippen LogP contribution in [0.4, 0.5) is 32.0 Å². The lowest BCUT2D eigenvalue weighted by Gasteiger charge is -2.33. The minimum atomic E-state index is -5.46. The van der Waals surface area contributed by atoms with Crippen LogP contribution in [0.2, 0.25) is 10.0 Å². The normalized spacial score (nSPS) is 11.6. The van der Waals surface area contributed by atoms with Crippen molar-refractivity contribution < 1.29 is 35.8 Å². The third-order valence-corrected chi connectivity index (χ3v) is 6.35. The van der Waals surface area contributed by atoms with Crippen LogP contribution in [0.15, 0.2) is 72.4 Å². The number of para-hydroxylation sites is 2. The first-order valence-corrected chi connectivity index (χ1v) is 14.2. The van der Waals surface area contributed by atoms with Gasteiger partial charge in [0.05, 0.1) is 22.8 Å². The standard InChI is InChI=1S/C10H9NO.C9H14F6O.C7H5Cl2N.C6H12/c1-12-9-6-2-4-8-5-3-7-11-10(8)9;1-3-4-5-6-16-7(2,8(10,11)12)9(13,14)15;1-10-7-5(8)3-2-4-6(7)9;1-5-6(2,3)4/h2-7H,1H3;3-6H2,1-2H3;2-4H,1H2;5H,1H2,2-4H3. The second-order valence-corrected chi connectivity index (χ2v) is 11.2. The molecule has 0 unspecified atom stereocenters. The van der Waals surface area contributed by atoms with Crippen LogP contribution in [0.25, 0.3) is 10.9 Å². The molecule has 1 heterocycles. The first kappa shape index (κ1) is 41.2. The molecule has 0 aliphatic rings. The van der Waals surface area contributed by atoms with Gasteiger partial charge in [-0.1, -0.05) is 94.1 Å². The first-order chi connectivity index (χ1) is 20.3. The Morgan fingerprint density at radius 3 is 1.77 bits per heavy atom. The van der Waals surface area contributed by atoms with Crippen LogP contribution in [-0.2, 0) is 4.74 Å². The summed E-state index contributed by atoms with van der Waals surface area (Å²) in [5.41, 5.74) is -2.30. The molecule has 0 aliphatic carbocycles. The number of fused-ring (bicyclic) bond motifs is 1. The number of hydrogen-bond acceptors (Lipinski definition) is 4. The quantitative estimate of drug-likeness (QED) is 0.109. The lowest BCUT2D eigenvalue weighted by Crippen LogP contribution is -2.56. The van der Waals surface area contributed by atoms with Gasteiger partial charge in [-0.3, -0.25) is 9.98 Å². The third-order valence-electron chi connectivity index (χ3n) is 5.74. The van der Waals surface area contributed by atoms with Crippen molar-refractivity contribution in [1.82, 2.24) is 4.98 Å². The van der Waals surface area contributed by atoms with E-state index in [0.717, 1.165) is 16.7 Å². The molecule has 0 atom stereocenters. The van der Waals surface area contributed by atoms with E-state index in [-0.39, 0.29) is 13.3 Å². The van der Waals surface area contributed by atoms with Gasteiger partial charge in [-0.25, -0.2) is 0 Å². The molecule has 12 heteroatoms. The molecule has 0 saturated carbocycles. The molecule has 0 spiro atoms. The van der Waals surface area contributed by atoms with Gasteiger partial charge in [0.1, 0.15) is 11.3 Å².